The third-order valence-electron chi connectivity index (χ3n) is 4.02. The molecule has 0 unspecified atom stereocenters. The summed E-state index contributed by atoms with van der Waals surface area (Å²) in [5.74, 6) is -0.159. The van der Waals surface area contributed by atoms with Gasteiger partial charge in [-0.3, -0.25) is 19.7 Å². The molecule has 1 aromatic heterocycles. The first-order chi connectivity index (χ1) is 11.6. The van der Waals surface area contributed by atoms with Crippen LogP contribution in [0.2, 0.25) is 0 Å². The molecule has 3 rings (SSSR count). The van der Waals surface area contributed by atoms with Gasteiger partial charge < -0.3 is 14.8 Å². The Morgan fingerprint density at radius 2 is 1.79 bits per heavy atom. The molecule has 1 saturated heterocycles. The second-order valence-electron chi connectivity index (χ2n) is 5.47. The lowest BCUT2D eigenvalue weighted by atomic mass is 10.2. The van der Waals surface area contributed by atoms with Gasteiger partial charge in [-0.2, -0.15) is 0 Å². The average molecular weight is 328 g/mol. The number of aromatic amines is 1. The Balaban J connectivity index is 1.70. The van der Waals surface area contributed by atoms with Gasteiger partial charge in [0, 0.05) is 44.5 Å². The second kappa shape index (κ2) is 6.53. The quantitative estimate of drug-likeness (QED) is 0.675. The predicted octanol–water partition coefficient (Wildman–Crippen LogP) is 1.25. The minimum atomic E-state index is -0.396. The molecule has 8 heteroatoms. The van der Waals surface area contributed by atoms with Crippen molar-refractivity contribution in [3.8, 4) is 0 Å². The molecule has 0 bridgehead atoms. The van der Waals surface area contributed by atoms with Gasteiger partial charge in [0.25, 0.3) is 11.6 Å². The van der Waals surface area contributed by atoms with Gasteiger partial charge in [-0.25, -0.2) is 0 Å². The molecule has 1 N–H and O–H groups in total. The summed E-state index contributed by atoms with van der Waals surface area (Å²) in [7, 11) is 0. The van der Waals surface area contributed by atoms with Gasteiger partial charge in [0.15, 0.2) is 0 Å². The molecule has 1 aliphatic heterocycles. The number of hydrogen-bond donors (Lipinski definition) is 1. The maximum Gasteiger partial charge on any atom is 0.292 e. The maximum atomic E-state index is 12.4. The Morgan fingerprint density at radius 1 is 1.08 bits per heavy atom. The van der Waals surface area contributed by atoms with Crippen LogP contribution in [0.1, 0.15) is 10.4 Å². The summed E-state index contributed by atoms with van der Waals surface area (Å²) in [5.41, 5.74) is 0.804. The highest BCUT2D eigenvalue weighted by Gasteiger charge is 2.25. The van der Waals surface area contributed by atoms with E-state index in [9.17, 15) is 19.7 Å². The van der Waals surface area contributed by atoms with Crippen LogP contribution in [0.25, 0.3) is 0 Å². The number of aromatic nitrogens is 1. The largest absolute Gasteiger partial charge is 0.362 e. The zero-order chi connectivity index (χ0) is 17.1. The van der Waals surface area contributed by atoms with Gasteiger partial charge in [0.05, 0.1) is 10.5 Å². The van der Waals surface area contributed by atoms with Gasteiger partial charge in [0.1, 0.15) is 5.69 Å². The number of piperazine rings is 1. The van der Waals surface area contributed by atoms with Crippen LogP contribution >= 0.6 is 0 Å². The third-order valence-corrected chi connectivity index (χ3v) is 4.02. The molecule has 0 aliphatic carbocycles. The molecule has 8 nitrogen and oxygen atoms in total. The van der Waals surface area contributed by atoms with Crippen LogP contribution in [-0.2, 0) is 0 Å². The second-order valence-corrected chi connectivity index (χ2v) is 5.47. The Morgan fingerprint density at radius 3 is 2.42 bits per heavy atom. The number of anilines is 1. The van der Waals surface area contributed by atoms with Crippen LogP contribution < -0.4 is 10.5 Å². The van der Waals surface area contributed by atoms with Crippen molar-refractivity contribution in [2.75, 3.05) is 31.1 Å². The zero-order valence-corrected chi connectivity index (χ0v) is 12.8. The molecular formula is C16H16N4O4. The third kappa shape index (κ3) is 3.12. The molecule has 1 fully saturated rings. The number of nitro benzene ring substituents is 1. The van der Waals surface area contributed by atoms with Gasteiger partial charge in [-0.15, -0.1) is 0 Å². The molecule has 124 valence electrons. The van der Waals surface area contributed by atoms with Crippen LogP contribution in [0.15, 0.2) is 47.4 Å². The van der Waals surface area contributed by atoms with E-state index in [4.69, 9.17) is 0 Å². The topological polar surface area (TPSA) is 99.6 Å². The fraction of sp³-hybridized carbons (Fsp3) is 0.250. The van der Waals surface area contributed by atoms with Crippen LogP contribution in [0.3, 0.4) is 0 Å². The average Bonchev–Trinajstić information content (AvgIpc) is 2.62. The molecule has 2 heterocycles. The summed E-state index contributed by atoms with van der Waals surface area (Å²) in [6.07, 6.45) is 1.40. The first kappa shape index (κ1) is 15.7. The standard InChI is InChI=1S/C16H16N4O4/c21-15-6-5-12(11-17-15)16(22)19-9-7-18(8-10-19)13-3-1-2-4-14(13)20(23)24/h1-6,11H,7-10H2,(H,17,21). The van der Waals surface area contributed by atoms with Crippen molar-refractivity contribution in [2.45, 2.75) is 0 Å². The van der Waals surface area contributed by atoms with Gasteiger partial charge in [0.2, 0.25) is 5.56 Å². The molecule has 24 heavy (non-hydrogen) atoms. The van der Waals surface area contributed by atoms with Crippen molar-refractivity contribution >= 4 is 17.3 Å². The Kier molecular flexibility index (Phi) is 4.28. The lowest BCUT2D eigenvalue weighted by Gasteiger charge is -2.35. The highest BCUT2D eigenvalue weighted by atomic mass is 16.6. The number of amides is 1. The van der Waals surface area contributed by atoms with Crippen molar-refractivity contribution in [3.63, 3.8) is 0 Å². The van der Waals surface area contributed by atoms with E-state index in [2.05, 4.69) is 4.98 Å². The number of carbonyl (C=O) groups is 1. The molecule has 0 spiro atoms. The van der Waals surface area contributed by atoms with Crippen molar-refractivity contribution in [3.05, 3.63) is 68.6 Å². The van der Waals surface area contributed by atoms with Crippen molar-refractivity contribution in [1.82, 2.24) is 9.88 Å². The van der Waals surface area contributed by atoms with E-state index >= 15 is 0 Å². The van der Waals surface area contributed by atoms with Crippen LogP contribution in [0.4, 0.5) is 11.4 Å². The van der Waals surface area contributed by atoms with E-state index < -0.39 is 4.92 Å². The first-order valence-corrected chi connectivity index (χ1v) is 7.52. The summed E-state index contributed by atoms with van der Waals surface area (Å²) in [6.45, 7) is 1.95. The van der Waals surface area contributed by atoms with Gasteiger partial charge >= 0.3 is 0 Å². The maximum absolute atomic E-state index is 12.4. The number of rotatable bonds is 3. The van der Waals surface area contributed by atoms with Crippen LogP contribution in [-0.4, -0.2) is 46.9 Å². The summed E-state index contributed by atoms with van der Waals surface area (Å²) >= 11 is 0. The van der Waals surface area contributed by atoms with E-state index in [1.165, 1.54) is 24.4 Å². The predicted molar refractivity (Wildman–Crippen MR) is 88.3 cm³/mol. The van der Waals surface area contributed by atoms with Crippen LogP contribution in [0, 0.1) is 10.1 Å². The van der Waals surface area contributed by atoms with Crippen LogP contribution in [0.5, 0.6) is 0 Å². The number of hydrogen-bond acceptors (Lipinski definition) is 5. The Labute approximate surface area is 137 Å². The highest BCUT2D eigenvalue weighted by Crippen LogP contribution is 2.28. The zero-order valence-electron chi connectivity index (χ0n) is 12.8. The fourth-order valence-electron chi connectivity index (χ4n) is 2.76. The number of pyridine rings is 1. The molecule has 1 aromatic carbocycles. The minimum absolute atomic E-state index is 0.0675. The van der Waals surface area contributed by atoms with Gasteiger partial charge in [-0.1, -0.05) is 12.1 Å². The number of H-pyrrole nitrogens is 1. The summed E-state index contributed by atoms with van der Waals surface area (Å²) in [6, 6.07) is 9.41. The number of para-hydroxylation sites is 2. The lowest BCUT2D eigenvalue weighted by molar-refractivity contribution is -0.384. The van der Waals surface area contributed by atoms with E-state index in [1.54, 1.807) is 23.1 Å². The molecular weight excluding hydrogens is 312 g/mol. The molecule has 0 atom stereocenters. The fourth-order valence-corrected chi connectivity index (χ4v) is 2.76. The monoisotopic (exact) mass is 328 g/mol. The number of nitrogens with zero attached hydrogens (tertiary/aromatic N) is 3. The molecule has 2 aromatic rings. The summed E-state index contributed by atoms with van der Waals surface area (Å²) < 4.78 is 0. The molecule has 1 aliphatic rings. The van der Waals surface area contributed by atoms with E-state index in [1.807, 2.05) is 4.90 Å². The normalized spacial score (nSPS) is 14.5. The molecule has 0 saturated carbocycles. The lowest BCUT2D eigenvalue weighted by Crippen LogP contribution is -2.49. The molecule has 0 radical (unpaired) electrons. The number of carbonyl (C=O) groups excluding carboxylic acids is 1. The summed E-state index contributed by atoms with van der Waals surface area (Å²) in [4.78, 5) is 40.3. The minimum Gasteiger partial charge on any atom is -0.362 e. The van der Waals surface area contributed by atoms with E-state index in [0.29, 0.717) is 37.4 Å². The highest BCUT2D eigenvalue weighted by molar-refractivity contribution is 5.94. The van der Waals surface area contributed by atoms with Gasteiger partial charge in [-0.05, 0) is 12.1 Å². The first-order valence-electron chi connectivity index (χ1n) is 7.52. The van der Waals surface area contributed by atoms with Crippen molar-refractivity contribution in [1.29, 1.82) is 0 Å². The number of benzene rings is 1. The Bertz CT molecular complexity index is 804. The summed E-state index contributed by atoms with van der Waals surface area (Å²) in [5, 5.41) is 11.1. The number of nitro groups is 1. The van der Waals surface area contributed by atoms with E-state index in [-0.39, 0.29) is 17.2 Å². The smallest absolute Gasteiger partial charge is 0.292 e. The van der Waals surface area contributed by atoms with Crippen molar-refractivity contribution < 1.29 is 9.72 Å². The van der Waals surface area contributed by atoms with Crippen molar-refractivity contribution in [2.24, 2.45) is 0 Å². The Hall–Kier alpha value is -3.16. The number of nitrogens with one attached hydrogen (secondary N) is 1. The molecule has 1 amide bonds. The van der Waals surface area contributed by atoms with E-state index in [0.717, 1.165) is 0 Å². The SMILES string of the molecule is O=C(c1ccc(=O)[nH]c1)N1CCN(c2ccccc2[N+](=O)[O-])CC1.